The van der Waals surface area contributed by atoms with Crippen LogP contribution in [0.2, 0.25) is 0 Å². The first-order valence-corrected chi connectivity index (χ1v) is 6.10. The van der Waals surface area contributed by atoms with Gasteiger partial charge in [0, 0.05) is 31.9 Å². The van der Waals surface area contributed by atoms with Crippen LogP contribution in [0.1, 0.15) is 0 Å². The molecule has 1 aliphatic heterocycles. The van der Waals surface area contributed by atoms with Gasteiger partial charge in [-0.25, -0.2) is 4.79 Å². The van der Waals surface area contributed by atoms with E-state index in [0.29, 0.717) is 6.54 Å². The zero-order chi connectivity index (χ0) is 12.8. The second-order valence-corrected chi connectivity index (χ2v) is 4.20. The van der Waals surface area contributed by atoms with Gasteiger partial charge in [-0.1, -0.05) is 12.1 Å². The zero-order valence-corrected chi connectivity index (χ0v) is 10.3. The number of hydrogen-bond donors (Lipinski definition) is 1. The smallest absolute Gasteiger partial charge is 0.319 e. The number of amides is 2. The average molecular weight is 248 g/mol. The van der Waals surface area contributed by atoms with Gasteiger partial charge in [0.25, 0.3) is 0 Å². The summed E-state index contributed by atoms with van der Waals surface area (Å²) in [6.45, 7) is 4.75. The minimum absolute atomic E-state index is 0.422. The summed E-state index contributed by atoms with van der Waals surface area (Å²) in [6, 6.07) is 9.73. The van der Waals surface area contributed by atoms with Gasteiger partial charge in [0.05, 0.1) is 13.2 Å². The molecule has 0 spiro atoms. The van der Waals surface area contributed by atoms with E-state index in [1.807, 2.05) is 12.1 Å². The van der Waals surface area contributed by atoms with Crippen molar-refractivity contribution in [2.75, 3.05) is 44.3 Å². The number of primary amides is 1. The lowest BCUT2D eigenvalue weighted by molar-refractivity contribution is 0.0393. The van der Waals surface area contributed by atoms with E-state index in [4.69, 9.17) is 10.5 Å². The second kappa shape index (κ2) is 6.37. The molecule has 2 N–H and O–H groups in total. The molecule has 0 bridgehead atoms. The SMILES string of the molecule is NC(=O)N(CCN1CCOCC1)c1cc[c]cc1. The number of carbonyl (C=O) groups is 1. The third kappa shape index (κ3) is 3.45. The third-order valence-electron chi connectivity index (χ3n) is 3.02. The van der Waals surface area contributed by atoms with Gasteiger partial charge in [0.15, 0.2) is 0 Å². The first-order chi connectivity index (χ1) is 8.77. The fraction of sp³-hybridized carbons (Fsp3) is 0.462. The van der Waals surface area contributed by atoms with Crippen molar-refractivity contribution in [2.45, 2.75) is 0 Å². The summed E-state index contributed by atoms with van der Waals surface area (Å²) in [5, 5.41) is 0. The van der Waals surface area contributed by atoms with Gasteiger partial charge < -0.3 is 10.5 Å². The predicted molar refractivity (Wildman–Crippen MR) is 69.5 cm³/mol. The highest BCUT2D eigenvalue weighted by Gasteiger charge is 2.15. The summed E-state index contributed by atoms with van der Waals surface area (Å²) in [5.74, 6) is 0. The number of hydrogen-bond acceptors (Lipinski definition) is 3. The van der Waals surface area contributed by atoms with Crippen molar-refractivity contribution in [3.8, 4) is 0 Å². The number of carbonyl (C=O) groups excluding carboxylic acids is 1. The summed E-state index contributed by atoms with van der Waals surface area (Å²) >= 11 is 0. The molecule has 1 fully saturated rings. The Morgan fingerprint density at radius 3 is 2.67 bits per heavy atom. The lowest BCUT2D eigenvalue weighted by Gasteiger charge is -2.29. The number of morpholine rings is 1. The molecule has 0 saturated carbocycles. The Morgan fingerprint density at radius 1 is 1.39 bits per heavy atom. The van der Waals surface area contributed by atoms with Crippen molar-refractivity contribution in [1.29, 1.82) is 0 Å². The molecule has 1 heterocycles. The predicted octanol–water partition coefficient (Wildman–Crippen LogP) is 0.704. The number of ether oxygens (including phenoxy) is 1. The number of rotatable bonds is 4. The van der Waals surface area contributed by atoms with E-state index in [-0.39, 0.29) is 0 Å². The van der Waals surface area contributed by atoms with Gasteiger partial charge in [0.1, 0.15) is 0 Å². The highest BCUT2D eigenvalue weighted by molar-refractivity contribution is 5.90. The maximum absolute atomic E-state index is 11.5. The van der Waals surface area contributed by atoms with E-state index in [1.165, 1.54) is 0 Å². The van der Waals surface area contributed by atoms with Crippen LogP contribution >= 0.6 is 0 Å². The highest BCUT2D eigenvalue weighted by Crippen LogP contribution is 2.12. The normalized spacial score (nSPS) is 16.4. The Morgan fingerprint density at radius 2 is 2.06 bits per heavy atom. The van der Waals surface area contributed by atoms with Gasteiger partial charge >= 0.3 is 6.03 Å². The lowest BCUT2D eigenvalue weighted by atomic mass is 10.3. The van der Waals surface area contributed by atoms with Crippen LogP contribution in [0.5, 0.6) is 0 Å². The molecule has 0 aliphatic carbocycles. The largest absolute Gasteiger partial charge is 0.379 e. The molecule has 1 aromatic carbocycles. The Hall–Kier alpha value is -1.59. The number of benzene rings is 1. The Bertz CT molecular complexity index is 377. The van der Waals surface area contributed by atoms with Gasteiger partial charge in [-0.05, 0) is 18.2 Å². The van der Waals surface area contributed by atoms with Gasteiger partial charge in [-0.3, -0.25) is 9.80 Å². The Labute approximate surface area is 107 Å². The molecule has 1 aromatic rings. The minimum atomic E-state index is -0.422. The van der Waals surface area contributed by atoms with E-state index in [2.05, 4.69) is 11.0 Å². The molecule has 5 nitrogen and oxygen atoms in total. The van der Waals surface area contributed by atoms with Crippen molar-refractivity contribution in [3.05, 3.63) is 30.3 Å². The van der Waals surface area contributed by atoms with Gasteiger partial charge in [-0.2, -0.15) is 0 Å². The van der Waals surface area contributed by atoms with Crippen LogP contribution in [0, 0.1) is 6.07 Å². The third-order valence-corrected chi connectivity index (χ3v) is 3.02. The Kier molecular flexibility index (Phi) is 4.55. The van der Waals surface area contributed by atoms with Gasteiger partial charge in [0.2, 0.25) is 0 Å². The summed E-state index contributed by atoms with van der Waals surface area (Å²) < 4.78 is 5.29. The fourth-order valence-corrected chi connectivity index (χ4v) is 1.99. The van der Waals surface area contributed by atoms with E-state index in [1.54, 1.807) is 17.0 Å². The molecular formula is C13H18N3O2. The van der Waals surface area contributed by atoms with Crippen molar-refractivity contribution in [1.82, 2.24) is 4.90 Å². The first kappa shape index (κ1) is 12.9. The number of urea groups is 1. The number of nitrogens with two attached hydrogens (primary N) is 1. The summed E-state index contributed by atoms with van der Waals surface area (Å²) in [6.07, 6.45) is 0. The summed E-state index contributed by atoms with van der Waals surface area (Å²) in [5.41, 5.74) is 6.23. The molecule has 0 aromatic heterocycles. The van der Waals surface area contributed by atoms with Crippen LogP contribution < -0.4 is 10.6 Å². The summed E-state index contributed by atoms with van der Waals surface area (Å²) in [7, 11) is 0. The van der Waals surface area contributed by atoms with Crippen molar-refractivity contribution >= 4 is 11.7 Å². The quantitative estimate of drug-likeness (QED) is 0.853. The summed E-state index contributed by atoms with van der Waals surface area (Å²) in [4.78, 5) is 15.3. The van der Waals surface area contributed by atoms with Gasteiger partial charge in [-0.15, -0.1) is 0 Å². The fourth-order valence-electron chi connectivity index (χ4n) is 1.99. The molecule has 18 heavy (non-hydrogen) atoms. The molecular weight excluding hydrogens is 230 g/mol. The van der Waals surface area contributed by atoms with Crippen LogP contribution in [0.15, 0.2) is 24.3 Å². The molecule has 0 atom stereocenters. The molecule has 2 rings (SSSR count). The van der Waals surface area contributed by atoms with Crippen LogP contribution in [-0.2, 0) is 4.74 Å². The molecule has 1 saturated heterocycles. The molecule has 5 heteroatoms. The zero-order valence-electron chi connectivity index (χ0n) is 10.3. The molecule has 97 valence electrons. The van der Waals surface area contributed by atoms with Crippen molar-refractivity contribution in [3.63, 3.8) is 0 Å². The number of anilines is 1. The lowest BCUT2D eigenvalue weighted by Crippen LogP contribution is -2.44. The monoisotopic (exact) mass is 248 g/mol. The maximum atomic E-state index is 11.5. The van der Waals surface area contributed by atoms with Crippen molar-refractivity contribution in [2.24, 2.45) is 5.73 Å². The molecule has 1 radical (unpaired) electrons. The average Bonchev–Trinajstić information content (AvgIpc) is 2.41. The molecule has 1 aliphatic rings. The van der Waals surface area contributed by atoms with E-state index in [9.17, 15) is 4.79 Å². The van der Waals surface area contributed by atoms with E-state index < -0.39 is 6.03 Å². The minimum Gasteiger partial charge on any atom is -0.379 e. The van der Waals surface area contributed by atoms with E-state index in [0.717, 1.165) is 38.5 Å². The van der Waals surface area contributed by atoms with Crippen LogP contribution in [-0.4, -0.2) is 50.3 Å². The Balaban J connectivity index is 1.92. The first-order valence-electron chi connectivity index (χ1n) is 6.10. The molecule has 2 amide bonds. The molecule has 0 unspecified atom stereocenters. The highest BCUT2D eigenvalue weighted by atomic mass is 16.5. The van der Waals surface area contributed by atoms with Crippen molar-refractivity contribution < 1.29 is 9.53 Å². The van der Waals surface area contributed by atoms with Crippen LogP contribution in [0.3, 0.4) is 0 Å². The van der Waals surface area contributed by atoms with Crippen LogP contribution in [0.25, 0.3) is 0 Å². The standard InChI is InChI=1S/C13H18N3O2/c14-13(17)16(12-4-2-1-3-5-12)7-6-15-8-10-18-11-9-15/h2-5H,6-11H2,(H2,14,17). The maximum Gasteiger partial charge on any atom is 0.319 e. The topological polar surface area (TPSA) is 58.8 Å². The second-order valence-electron chi connectivity index (χ2n) is 4.20. The number of nitrogens with zero attached hydrogens (tertiary/aromatic N) is 2. The van der Waals surface area contributed by atoms with Crippen LogP contribution in [0.4, 0.5) is 10.5 Å². The van der Waals surface area contributed by atoms with E-state index >= 15 is 0 Å².